The first-order chi connectivity index (χ1) is 16.4. The van der Waals surface area contributed by atoms with E-state index in [1.54, 1.807) is 73.7 Å². The van der Waals surface area contributed by atoms with Crippen LogP contribution in [0.1, 0.15) is 37.9 Å². The number of hydrogen-bond acceptors (Lipinski definition) is 5. The number of halogens is 1. The summed E-state index contributed by atoms with van der Waals surface area (Å²) in [5, 5.41) is 0.365. The van der Waals surface area contributed by atoms with Crippen molar-refractivity contribution < 1.29 is 23.9 Å². The fourth-order valence-electron chi connectivity index (χ4n) is 5.52. The molecular weight excluding hydrogens is 454 g/mol. The van der Waals surface area contributed by atoms with E-state index in [4.69, 9.17) is 16.3 Å². The van der Waals surface area contributed by atoms with Gasteiger partial charge in [-0.3, -0.25) is 19.2 Å². The van der Waals surface area contributed by atoms with Crippen LogP contribution in [0.25, 0.3) is 0 Å². The van der Waals surface area contributed by atoms with E-state index in [0.717, 1.165) is 4.90 Å². The average molecular weight is 472 g/mol. The first-order valence-electron chi connectivity index (χ1n) is 10.9. The summed E-state index contributed by atoms with van der Waals surface area (Å²) in [6, 6.07) is 20.3. The first kappa shape index (κ1) is 21.0. The zero-order chi connectivity index (χ0) is 23.8. The topological polar surface area (TPSA) is 80.8 Å². The predicted molar refractivity (Wildman–Crippen MR) is 124 cm³/mol. The van der Waals surface area contributed by atoms with E-state index < -0.39 is 46.9 Å². The third kappa shape index (κ3) is 2.55. The average Bonchev–Trinajstić information content (AvgIpc) is 3.41. The molecule has 7 heteroatoms. The summed E-state index contributed by atoms with van der Waals surface area (Å²) in [6.45, 7) is 1.77. The van der Waals surface area contributed by atoms with Crippen molar-refractivity contribution in [1.82, 2.24) is 0 Å². The molecular formula is C27H18ClNO5. The molecule has 0 saturated carbocycles. The van der Waals surface area contributed by atoms with Gasteiger partial charge in [-0.1, -0.05) is 72.3 Å². The molecule has 2 aliphatic heterocycles. The van der Waals surface area contributed by atoms with E-state index in [1.165, 1.54) is 0 Å². The number of carbonyl (C=O) groups excluding carboxylic acids is 4. The Hall–Kier alpha value is -3.61. The fourth-order valence-corrected chi connectivity index (χ4v) is 5.69. The van der Waals surface area contributed by atoms with Gasteiger partial charge in [0.05, 0.1) is 23.6 Å². The smallest absolute Gasteiger partial charge is 0.241 e. The maximum atomic E-state index is 13.9. The molecule has 3 aromatic rings. The van der Waals surface area contributed by atoms with Crippen LogP contribution in [0, 0.1) is 18.8 Å². The van der Waals surface area contributed by atoms with Crippen LogP contribution in [0.5, 0.6) is 0 Å². The highest BCUT2D eigenvalue weighted by atomic mass is 35.5. The third-order valence-corrected chi connectivity index (χ3v) is 7.29. The van der Waals surface area contributed by atoms with Gasteiger partial charge in [0, 0.05) is 16.1 Å². The van der Waals surface area contributed by atoms with E-state index >= 15 is 0 Å². The van der Waals surface area contributed by atoms with Gasteiger partial charge in [0.1, 0.15) is 0 Å². The van der Waals surface area contributed by atoms with E-state index in [1.807, 2.05) is 6.07 Å². The minimum atomic E-state index is -2.08. The number of nitrogens with zero attached hydrogens (tertiary/aromatic N) is 1. The summed E-state index contributed by atoms with van der Waals surface area (Å²) in [7, 11) is 0. The standard InChI is InChI=1S/C27H18ClNO5/c1-14-11-12-16(28)13-19(14)29-25(32)20-21(26(29)33)27(34-22(20)15-7-3-2-4-8-15)23(30)17-9-5-6-10-18(17)24(27)31/h2-13,20-22H,1H3/t20-,21-,22-/m0/s1. The van der Waals surface area contributed by atoms with Crippen LogP contribution in [-0.2, 0) is 14.3 Å². The zero-order valence-electron chi connectivity index (χ0n) is 18.0. The fraction of sp³-hybridized carbons (Fsp3) is 0.185. The van der Waals surface area contributed by atoms with E-state index in [9.17, 15) is 19.2 Å². The molecule has 2 amide bonds. The molecule has 6 nitrogen and oxygen atoms in total. The summed E-state index contributed by atoms with van der Waals surface area (Å²) in [4.78, 5) is 56.3. The Bertz CT molecular complexity index is 1380. The quantitative estimate of drug-likeness (QED) is 0.410. The Balaban J connectivity index is 1.57. The molecule has 0 N–H and O–H groups in total. The molecule has 3 aromatic carbocycles. The molecule has 2 fully saturated rings. The number of hydrogen-bond donors (Lipinski definition) is 0. The van der Waals surface area contributed by atoms with Gasteiger partial charge in [0.2, 0.25) is 29.0 Å². The molecule has 2 saturated heterocycles. The van der Waals surface area contributed by atoms with Gasteiger partial charge in [-0.05, 0) is 30.2 Å². The lowest BCUT2D eigenvalue weighted by Crippen LogP contribution is -2.51. The Morgan fingerprint density at radius 3 is 2.09 bits per heavy atom. The van der Waals surface area contributed by atoms with Crippen molar-refractivity contribution >= 4 is 40.7 Å². The molecule has 2 heterocycles. The normalized spacial score (nSPS) is 24.8. The number of ketones is 2. The minimum Gasteiger partial charge on any atom is -0.349 e. The second-order valence-corrected chi connectivity index (χ2v) is 9.27. The zero-order valence-corrected chi connectivity index (χ0v) is 18.8. The van der Waals surface area contributed by atoms with Gasteiger partial charge >= 0.3 is 0 Å². The maximum Gasteiger partial charge on any atom is 0.241 e. The van der Waals surface area contributed by atoms with Crippen molar-refractivity contribution in [3.05, 3.63) is 100 Å². The number of Topliss-reactive ketones (excluding diaryl/α,β-unsaturated/α-hetero) is 2. The van der Waals surface area contributed by atoms with Crippen LogP contribution in [0.15, 0.2) is 72.8 Å². The van der Waals surface area contributed by atoms with Gasteiger partial charge in [0.25, 0.3) is 0 Å². The number of imide groups is 1. The van der Waals surface area contributed by atoms with Gasteiger partial charge < -0.3 is 4.74 Å². The molecule has 0 bridgehead atoms. The van der Waals surface area contributed by atoms with Crippen LogP contribution in [0.2, 0.25) is 5.02 Å². The highest BCUT2D eigenvalue weighted by Crippen LogP contribution is 2.57. The minimum absolute atomic E-state index is 0.206. The molecule has 0 unspecified atom stereocenters. The van der Waals surface area contributed by atoms with Crippen LogP contribution < -0.4 is 4.90 Å². The van der Waals surface area contributed by atoms with Crippen molar-refractivity contribution in [3.8, 4) is 0 Å². The van der Waals surface area contributed by atoms with E-state index in [-0.39, 0.29) is 11.1 Å². The second kappa shape index (κ2) is 7.19. The molecule has 6 rings (SSSR count). The Kier molecular flexibility index (Phi) is 4.43. The first-order valence-corrected chi connectivity index (χ1v) is 11.3. The number of ether oxygens (including phenoxy) is 1. The Morgan fingerprint density at radius 1 is 0.824 bits per heavy atom. The van der Waals surface area contributed by atoms with Crippen molar-refractivity contribution in [2.45, 2.75) is 18.6 Å². The Labute approximate surface area is 200 Å². The van der Waals surface area contributed by atoms with Gasteiger partial charge in [-0.15, -0.1) is 0 Å². The van der Waals surface area contributed by atoms with Gasteiger partial charge in [-0.25, -0.2) is 4.90 Å². The number of aryl methyl sites for hydroxylation is 1. The lowest BCUT2D eigenvalue weighted by atomic mass is 9.77. The Morgan fingerprint density at radius 2 is 1.44 bits per heavy atom. The summed E-state index contributed by atoms with van der Waals surface area (Å²) >= 11 is 6.18. The molecule has 0 radical (unpaired) electrons. The maximum absolute atomic E-state index is 13.9. The number of benzene rings is 3. The highest BCUT2D eigenvalue weighted by molar-refractivity contribution is 6.37. The summed E-state index contributed by atoms with van der Waals surface area (Å²) < 4.78 is 6.26. The number of anilines is 1. The molecule has 3 aliphatic rings. The third-order valence-electron chi connectivity index (χ3n) is 7.06. The summed E-state index contributed by atoms with van der Waals surface area (Å²) in [5.74, 6) is -4.61. The highest BCUT2D eigenvalue weighted by Gasteiger charge is 2.74. The van der Waals surface area contributed by atoms with Gasteiger partial charge in [0.15, 0.2) is 0 Å². The summed E-state index contributed by atoms with van der Waals surface area (Å²) in [6.07, 6.45) is -0.936. The SMILES string of the molecule is Cc1ccc(Cl)cc1N1C(=O)[C@H]2[C@@H](C1=O)C1(O[C@H]2c2ccccc2)C(=O)c2ccccc2C1=O. The van der Waals surface area contributed by atoms with Crippen LogP contribution in [-0.4, -0.2) is 29.0 Å². The molecule has 3 atom stereocenters. The number of fused-ring (bicyclic) bond motifs is 3. The molecule has 34 heavy (non-hydrogen) atoms. The van der Waals surface area contributed by atoms with Crippen molar-refractivity contribution in [2.75, 3.05) is 4.90 Å². The lowest BCUT2D eigenvalue weighted by molar-refractivity contribution is -0.127. The van der Waals surface area contributed by atoms with Crippen LogP contribution in [0.4, 0.5) is 5.69 Å². The van der Waals surface area contributed by atoms with Crippen molar-refractivity contribution in [3.63, 3.8) is 0 Å². The molecule has 1 spiro atoms. The number of rotatable bonds is 2. The molecule has 1 aliphatic carbocycles. The lowest BCUT2D eigenvalue weighted by Gasteiger charge is -2.27. The van der Waals surface area contributed by atoms with E-state index in [2.05, 4.69) is 0 Å². The largest absolute Gasteiger partial charge is 0.349 e. The van der Waals surface area contributed by atoms with E-state index in [0.29, 0.717) is 21.8 Å². The predicted octanol–water partition coefficient (Wildman–Crippen LogP) is 4.34. The summed E-state index contributed by atoms with van der Waals surface area (Å²) in [5.41, 5.74) is -0.0334. The number of carbonyl (C=O) groups is 4. The second-order valence-electron chi connectivity index (χ2n) is 8.83. The van der Waals surface area contributed by atoms with Crippen molar-refractivity contribution in [2.24, 2.45) is 11.8 Å². The van der Waals surface area contributed by atoms with Crippen LogP contribution >= 0.6 is 11.6 Å². The monoisotopic (exact) mass is 471 g/mol. The van der Waals surface area contributed by atoms with Gasteiger partial charge in [-0.2, -0.15) is 0 Å². The molecule has 0 aromatic heterocycles. The number of amides is 2. The van der Waals surface area contributed by atoms with Crippen LogP contribution in [0.3, 0.4) is 0 Å². The van der Waals surface area contributed by atoms with Crippen molar-refractivity contribution in [1.29, 1.82) is 0 Å². The molecule has 168 valence electrons.